The topological polar surface area (TPSA) is 68.2 Å². The van der Waals surface area contributed by atoms with E-state index in [1.54, 1.807) is 7.11 Å². The smallest absolute Gasteiger partial charge is 0.303 e. The number of piperidine rings is 1. The van der Waals surface area contributed by atoms with E-state index in [2.05, 4.69) is 18.0 Å². The molecule has 144 valence electrons. The highest BCUT2D eigenvalue weighted by Gasteiger charge is 2.71. The number of esters is 1. The molecule has 5 atom stereocenters. The van der Waals surface area contributed by atoms with Crippen molar-refractivity contribution in [2.45, 2.75) is 56.0 Å². The molecular weight excluding hydrogens is 346 g/mol. The van der Waals surface area contributed by atoms with E-state index in [4.69, 9.17) is 14.2 Å². The Morgan fingerprint density at radius 2 is 2.19 bits per heavy atom. The Morgan fingerprint density at radius 1 is 1.41 bits per heavy atom. The summed E-state index contributed by atoms with van der Waals surface area (Å²) in [5, 5.41) is 10.9. The lowest BCUT2D eigenvalue weighted by Crippen LogP contribution is -2.70. The number of likely N-dealkylation sites (N-methyl/N-ethyl adjacent to an activating group) is 1. The van der Waals surface area contributed by atoms with E-state index in [-0.39, 0.29) is 6.04 Å². The van der Waals surface area contributed by atoms with Crippen LogP contribution < -0.4 is 9.47 Å². The molecule has 1 aromatic carbocycles. The van der Waals surface area contributed by atoms with Gasteiger partial charge in [-0.05, 0) is 50.6 Å². The van der Waals surface area contributed by atoms with Crippen molar-refractivity contribution >= 4 is 5.97 Å². The van der Waals surface area contributed by atoms with Crippen molar-refractivity contribution < 1.29 is 24.1 Å². The van der Waals surface area contributed by atoms with Gasteiger partial charge in [-0.3, -0.25) is 9.69 Å². The number of likely N-dealkylation sites (tertiary alicyclic amines) is 1. The van der Waals surface area contributed by atoms with Crippen LogP contribution in [0.5, 0.6) is 11.5 Å². The number of nitrogens with zero attached hydrogens (tertiary/aromatic N) is 1. The van der Waals surface area contributed by atoms with Crippen LogP contribution in [0.15, 0.2) is 23.8 Å². The Balaban J connectivity index is 1.83. The second-order valence-electron chi connectivity index (χ2n) is 8.34. The average Bonchev–Trinajstić information content (AvgIpc) is 2.89. The first kappa shape index (κ1) is 17.1. The summed E-state index contributed by atoms with van der Waals surface area (Å²) < 4.78 is 17.8. The number of hydrogen-bond acceptors (Lipinski definition) is 6. The van der Waals surface area contributed by atoms with Crippen molar-refractivity contribution in [2.75, 3.05) is 20.7 Å². The molecule has 1 saturated heterocycles. The van der Waals surface area contributed by atoms with Gasteiger partial charge in [0.25, 0.3) is 0 Å². The fourth-order valence-corrected chi connectivity index (χ4v) is 6.01. The van der Waals surface area contributed by atoms with Crippen LogP contribution >= 0.6 is 0 Å². The van der Waals surface area contributed by atoms with Crippen molar-refractivity contribution in [3.05, 3.63) is 34.9 Å². The lowest BCUT2D eigenvalue weighted by atomic mass is 9.51. The molecular formula is C21H25NO5. The predicted molar refractivity (Wildman–Crippen MR) is 98.1 cm³/mol. The SMILES string of the molecule is COc1ccc2c3c1OC1(C)C(OC(C)=O)C(O)C=C4C(C2)N(C)CCC431. The third-order valence-corrected chi connectivity index (χ3v) is 7.15. The molecule has 4 aliphatic rings. The number of carbonyl (C=O) groups is 1. The second kappa shape index (κ2) is 5.26. The van der Waals surface area contributed by atoms with Gasteiger partial charge < -0.3 is 19.3 Å². The minimum atomic E-state index is -0.905. The van der Waals surface area contributed by atoms with Gasteiger partial charge in [0.05, 0.1) is 12.5 Å². The van der Waals surface area contributed by atoms with Crippen molar-refractivity contribution in [3.8, 4) is 11.5 Å². The van der Waals surface area contributed by atoms with Gasteiger partial charge in [-0.2, -0.15) is 0 Å². The highest BCUT2D eigenvalue weighted by atomic mass is 16.6. The number of hydrogen-bond donors (Lipinski definition) is 1. The van der Waals surface area contributed by atoms with E-state index in [0.717, 1.165) is 30.7 Å². The Bertz CT molecular complexity index is 880. The molecule has 0 saturated carbocycles. The number of aliphatic hydroxyl groups is 1. The minimum absolute atomic E-state index is 0.210. The van der Waals surface area contributed by atoms with Gasteiger partial charge in [0.1, 0.15) is 6.10 Å². The maximum atomic E-state index is 11.8. The van der Waals surface area contributed by atoms with Gasteiger partial charge in [-0.15, -0.1) is 0 Å². The largest absolute Gasteiger partial charge is 0.493 e. The summed E-state index contributed by atoms with van der Waals surface area (Å²) in [6.07, 6.45) is 1.96. The van der Waals surface area contributed by atoms with Gasteiger partial charge in [-0.25, -0.2) is 0 Å². The van der Waals surface area contributed by atoms with Crippen molar-refractivity contribution in [1.29, 1.82) is 0 Å². The Labute approximate surface area is 158 Å². The predicted octanol–water partition coefficient (Wildman–Crippen LogP) is 1.58. The van der Waals surface area contributed by atoms with E-state index in [1.807, 2.05) is 19.1 Å². The van der Waals surface area contributed by atoms with Crippen molar-refractivity contribution in [3.63, 3.8) is 0 Å². The molecule has 0 amide bonds. The van der Waals surface area contributed by atoms with Crippen LogP contribution in [-0.2, 0) is 21.4 Å². The molecule has 1 aromatic rings. The van der Waals surface area contributed by atoms with Gasteiger partial charge in [-0.1, -0.05) is 12.1 Å². The van der Waals surface area contributed by atoms with E-state index in [0.29, 0.717) is 5.75 Å². The summed E-state index contributed by atoms with van der Waals surface area (Å²) in [6.45, 7) is 4.27. The first-order valence-corrected chi connectivity index (χ1v) is 9.50. The van der Waals surface area contributed by atoms with Crippen molar-refractivity contribution in [1.82, 2.24) is 4.90 Å². The number of rotatable bonds is 2. The van der Waals surface area contributed by atoms with Gasteiger partial charge >= 0.3 is 5.97 Å². The summed E-state index contributed by atoms with van der Waals surface area (Å²) in [6, 6.07) is 4.29. The molecule has 2 heterocycles. The number of carbonyl (C=O) groups excluding carboxylic acids is 1. The average molecular weight is 371 g/mol. The second-order valence-corrected chi connectivity index (χ2v) is 8.34. The molecule has 6 heteroatoms. The van der Waals surface area contributed by atoms with Crippen LogP contribution in [0, 0.1) is 0 Å². The summed E-state index contributed by atoms with van der Waals surface area (Å²) in [4.78, 5) is 14.2. The Morgan fingerprint density at radius 3 is 2.89 bits per heavy atom. The monoisotopic (exact) mass is 371 g/mol. The Kier molecular flexibility index (Phi) is 3.33. The molecule has 0 radical (unpaired) electrons. The normalized spacial score (nSPS) is 38.6. The standard InChI is InChI=1S/C21H25NO5/c1-11(23)26-19-15(24)10-13-14-9-12-5-6-16(25-4)18-17(12)21(13,7-8-22(14)3)20(19,2)27-18/h5-6,10,14-15,19,24H,7-9H2,1-4H3. The van der Waals surface area contributed by atoms with E-state index >= 15 is 0 Å². The van der Waals surface area contributed by atoms with Crippen molar-refractivity contribution in [2.24, 2.45) is 0 Å². The number of aliphatic hydroxyl groups excluding tert-OH is 1. The molecule has 0 aromatic heterocycles. The lowest BCUT2D eigenvalue weighted by molar-refractivity contribution is -0.178. The molecule has 1 spiro atoms. The summed E-state index contributed by atoms with van der Waals surface area (Å²) in [5.41, 5.74) is 2.30. The molecule has 27 heavy (non-hydrogen) atoms. The van der Waals surface area contributed by atoms with Crippen LogP contribution in [0.2, 0.25) is 0 Å². The first-order chi connectivity index (χ1) is 12.8. The molecule has 2 aliphatic heterocycles. The molecule has 2 aliphatic carbocycles. The molecule has 5 unspecified atom stereocenters. The zero-order chi connectivity index (χ0) is 19.1. The fraction of sp³-hybridized carbons (Fsp3) is 0.571. The summed E-state index contributed by atoms with van der Waals surface area (Å²) >= 11 is 0. The van der Waals surface area contributed by atoms with Gasteiger partial charge in [0, 0.05) is 18.5 Å². The highest BCUT2D eigenvalue weighted by Crippen LogP contribution is 2.66. The van der Waals surface area contributed by atoms with Gasteiger partial charge in [0.15, 0.2) is 23.2 Å². The number of methoxy groups -OCH3 is 1. The minimum Gasteiger partial charge on any atom is -0.493 e. The molecule has 6 nitrogen and oxygen atoms in total. The first-order valence-electron chi connectivity index (χ1n) is 9.50. The number of ether oxygens (including phenoxy) is 3. The maximum Gasteiger partial charge on any atom is 0.303 e. The lowest BCUT2D eigenvalue weighted by Gasteiger charge is -2.59. The van der Waals surface area contributed by atoms with E-state index in [9.17, 15) is 9.90 Å². The fourth-order valence-electron chi connectivity index (χ4n) is 6.01. The van der Waals surface area contributed by atoms with Crippen LogP contribution in [0.25, 0.3) is 0 Å². The Hall–Kier alpha value is -2.05. The zero-order valence-electron chi connectivity index (χ0n) is 16.1. The highest BCUT2D eigenvalue weighted by molar-refractivity contribution is 5.70. The van der Waals surface area contributed by atoms with Crippen LogP contribution in [-0.4, -0.2) is 60.5 Å². The molecule has 1 fully saturated rings. The van der Waals surface area contributed by atoms with Crippen LogP contribution in [0.4, 0.5) is 0 Å². The third kappa shape index (κ3) is 1.85. The van der Waals surface area contributed by atoms with E-state index in [1.165, 1.54) is 18.1 Å². The van der Waals surface area contributed by atoms with E-state index < -0.39 is 29.2 Å². The molecule has 2 bridgehead atoms. The van der Waals surface area contributed by atoms with Gasteiger partial charge in [0.2, 0.25) is 0 Å². The quantitative estimate of drug-likeness (QED) is 0.629. The van der Waals surface area contributed by atoms with Crippen LogP contribution in [0.1, 0.15) is 31.4 Å². The number of benzene rings is 1. The van der Waals surface area contributed by atoms with Crippen LogP contribution in [0.3, 0.4) is 0 Å². The summed E-state index contributed by atoms with van der Waals surface area (Å²) in [7, 11) is 3.77. The maximum absolute atomic E-state index is 11.8. The zero-order valence-corrected chi connectivity index (χ0v) is 16.1. The molecule has 1 N–H and O–H groups in total. The third-order valence-electron chi connectivity index (χ3n) is 7.15. The molecule has 5 rings (SSSR count). The summed E-state index contributed by atoms with van der Waals surface area (Å²) in [5.74, 6) is 1.00.